The van der Waals surface area contributed by atoms with Crippen LogP contribution in [0.1, 0.15) is 18.9 Å². The molecule has 1 amide bonds. The van der Waals surface area contributed by atoms with E-state index in [2.05, 4.69) is 5.32 Å². The number of nitrogens with one attached hydrogen (secondary N) is 1. The number of amides is 1. The molecule has 0 heterocycles. The number of anilines is 1. The predicted molar refractivity (Wildman–Crippen MR) is 121 cm³/mol. The summed E-state index contributed by atoms with van der Waals surface area (Å²) in [5.41, 5.74) is 1.46. The van der Waals surface area contributed by atoms with Crippen molar-refractivity contribution in [3.63, 3.8) is 0 Å². The predicted octanol–water partition coefficient (Wildman–Crippen LogP) is 2.62. The third-order valence-corrected chi connectivity index (χ3v) is 5.68. The first kappa shape index (κ1) is 24.3. The molecule has 0 aromatic heterocycles. The topological polar surface area (TPSA) is 94.2 Å². The second-order valence-corrected chi connectivity index (χ2v) is 8.75. The van der Waals surface area contributed by atoms with Crippen LogP contribution < -0.4 is 23.8 Å². The normalized spacial score (nSPS) is 11.0. The molecule has 2 rings (SSSR count). The van der Waals surface area contributed by atoms with E-state index >= 15 is 0 Å². The van der Waals surface area contributed by atoms with Crippen LogP contribution in [0.15, 0.2) is 42.5 Å². The second kappa shape index (κ2) is 11.5. The van der Waals surface area contributed by atoms with Crippen molar-refractivity contribution < 1.29 is 27.4 Å². The highest BCUT2D eigenvalue weighted by Crippen LogP contribution is 2.32. The number of carbonyl (C=O) groups is 1. The van der Waals surface area contributed by atoms with E-state index in [4.69, 9.17) is 14.2 Å². The van der Waals surface area contributed by atoms with Crippen molar-refractivity contribution in [2.45, 2.75) is 19.8 Å². The van der Waals surface area contributed by atoms with E-state index in [1.54, 1.807) is 12.1 Å². The van der Waals surface area contributed by atoms with Gasteiger partial charge in [0.05, 0.1) is 32.8 Å². The number of hydrogen-bond acceptors (Lipinski definition) is 6. The van der Waals surface area contributed by atoms with E-state index in [0.717, 1.165) is 34.7 Å². The molecule has 8 nitrogen and oxygen atoms in total. The number of hydrogen-bond donors (Lipinski definition) is 1. The highest BCUT2D eigenvalue weighted by Gasteiger charge is 2.22. The summed E-state index contributed by atoms with van der Waals surface area (Å²) in [6.07, 6.45) is 2.58. The van der Waals surface area contributed by atoms with Crippen molar-refractivity contribution in [3.05, 3.63) is 48.0 Å². The van der Waals surface area contributed by atoms with Crippen molar-refractivity contribution >= 4 is 21.6 Å². The zero-order chi connectivity index (χ0) is 22.9. The highest BCUT2D eigenvalue weighted by atomic mass is 32.2. The van der Waals surface area contributed by atoms with Crippen LogP contribution in [0.3, 0.4) is 0 Å². The summed E-state index contributed by atoms with van der Waals surface area (Å²) >= 11 is 0. The number of sulfonamides is 1. The van der Waals surface area contributed by atoms with Crippen molar-refractivity contribution in [2.75, 3.05) is 44.5 Å². The number of aryl methyl sites for hydroxylation is 1. The summed E-state index contributed by atoms with van der Waals surface area (Å²) in [4.78, 5) is 12.4. The molecule has 0 bridgehead atoms. The van der Waals surface area contributed by atoms with Crippen LogP contribution in [0.25, 0.3) is 0 Å². The van der Waals surface area contributed by atoms with Crippen molar-refractivity contribution in [2.24, 2.45) is 0 Å². The van der Waals surface area contributed by atoms with Gasteiger partial charge in [0.2, 0.25) is 15.9 Å². The molecule has 170 valence electrons. The minimum atomic E-state index is -3.68. The van der Waals surface area contributed by atoms with Gasteiger partial charge in [0, 0.05) is 12.6 Å². The van der Waals surface area contributed by atoms with Gasteiger partial charge >= 0.3 is 0 Å². The zero-order valence-corrected chi connectivity index (χ0v) is 19.2. The Morgan fingerprint density at radius 2 is 1.71 bits per heavy atom. The average molecular weight is 451 g/mol. The average Bonchev–Trinajstić information content (AvgIpc) is 2.75. The molecule has 0 saturated carbocycles. The van der Waals surface area contributed by atoms with Crippen LogP contribution in [0.2, 0.25) is 0 Å². The first-order valence-electron chi connectivity index (χ1n) is 9.96. The standard InChI is InChI=1S/C22H30N2O6S/c1-5-30-19-11-8-17(9-12-19)7-6-14-23-22(25)16-24(31(4,26)27)18-10-13-20(28-2)21(15-18)29-3/h8-13,15H,5-7,14,16H2,1-4H3,(H,23,25). The van der Waals surface area contributed by atoms with Gasteiger partial charge < -0.3 is 19.5 Å². The van der Waals surface area contributed by atoms with Gasteiger partial charge in [-0.25, -0.2) is 8.42 Å². The fourth-order valence-electron chi connectivity index (χ4n) is 3.01. The first-order chi connectivity index (χ1) is 14.8. The molecule has 0 aliphatic heterocycles. The molecule has 0 unspecified atom stereocenters. The molecule has 2 aromatic rings. The Kier molecular flexibility index (Phi) is 8.99. The Bertz CT molecular complexity index is 960. The molecule has 0 radical (unpaired) electrons. The Hall–Kier alpha value is -2.94. The first-order valence-corrected chi connectivity index (χ1v) is 11.8. The van der Waals surface area contributed by atoms with E-state index < -0.39 is 10.0 Å². The van der Waals surface area contributed by atoms with Crippen molar-refractivity contribution in [1.29, 1.82) is 0 Å². The summed E-state index contributed by atoms with van der Waals surface area (Å²) < 4.78 is 41.4. The lowest BCUT2D eigenvalue weighted by molar-refractivity contribution is -0.119. The Morgan fingerprint density at radius 1 is 1.03 bits per heavy atom. The number of rotatable bonds is 12. The smallest absolute Gasteiger partial charge is 0.240 e. The van der Waals surface area contributed by atoms with Gasteiger partial charge in [-0.1, -0.05) is 12.1 Å². The SMILES string of the molecule is CCOc1ccc(CCCNC(=O)CN(c2ccc(OC)c(OC)c2)S(C)(=O)=O)cc1. The van der Waals surface area contributed by atoms with Gasteiger partial charge in [-0.05, 0) is 49.6 Å². The van der Waals surface area contributed by atoms with Crippen molar-refractivity contribution in [3.8, 4) is 17.2 Å². The number of methoxy groups -OCH3 is 2. The van der Waals surface area contributed by atoms with Gasteiger partial charge in [0.1, 0.15) is 12.3 Å². The van der Waals surface area contributed by atoms with Gasteiger partial charge in [0.25, 0.3) is 0 Å². The van der Waals surface area contributed by atoms with Crippen LogP contribution >= 0.6 is 0 Å². The third-order valence-electron chi connectivity index (χ3n) is 4.54. The maximum Gasteiger partial charge on any atom is 0.240 e. The maximum atomic E-state index is 12.4. The highest BCUT2D eigenvalue weighted by molar-refractivity contribution is 7.92. The number of ether oxygens (including phenoxy) is 3. The fourth-order valence-corrected chi connectivity index (χ4v) is 3.85. The monoisotopic (exact) mass is 450 g/mol. The lowest BCUT2D eigenvalue weighted by atomic mass is 10.1. The van der Waals surface area contributed by atoms with Crippen LogP contribution in [-0.2, 0) is 21.2 Å². The molecule has 0 fully saturated rings. The molecule has 0 aliphatic rings. The summed E-state index contributed by atoms with van der Waals surface area (Å²) in [5, 5.41) is 2.78. The van der Waals surface area contributed by atoms with Gasteiger partial charge in [0.15, 0.2) is 11.5 Å². The van der Waals surface area contributed by atoms with Crippen LogP contribution in [-0.4, -0.2) is 54.5 Å². The van der Waals surface area contributed by atoms with Gasteiger partial charge in [-0.2, -0.15) is 0 Å². The number of carbonyl (C=O) groups excluding carboxylic acids is 1. The summed E-state index contributed by atoms with van der Waals surface area (Å²) in [6.45, 7) is 2.68. The molecule has 31 heavy (non-hydrogen) atoms. The molecule has 0 aliphatic carbocycles. The van der Waals surface area contributed by atoms with E-state index in [0.29, 0.717) is 30.3 Å². The van der Waals surface area contributed by atoms with Crippen LogP contribution in [0.5, 0.6) is 17.2 Å². The maximum absolute atomic E-state index is 12.4. The van der Waals surface area contributed by atoms with E-state index in [1.807, 2.05) is 31.2 Å². The summed E-state index contributed by atoms with van der Waals surface area (Å²) in [7, 11) is -0.721. The fraction of sp³-hybridized carbons (Fsp3) is 0.409. The molecule has 0 spiro atoms. The quantitative estimate of drug-likeness (QED) is 0.500. The molecular weight excluding hydrogens is 420 g/mol. The van der Waals surface area contributed by atoms with Gasteiger partial charge in [-0.15, -0.1) is 0 Å². The Balaban J connectivity index is 1.93. The third kappa shape index (κ3) is 7.36. The molecule has 0 saturated heterocycles. The van der Waals surface area contributed by atoms with Crippen molar-refractivity contribution in [1.82, 2.24) is 5.32 Å². The number of nitrogens with zero attached hydrogens (tertiary/aromatic N) is 1. The second-order valence-electron chi connectivity index (χ2n) is 6.84. The van der Waals surface area contributed by atoms with Gasteiger partial charge in [-0.3, -0.25) is 9.10 Å². The molecule has 0 atom stereocenters. The van der Waals surface area contributed by atoms with E-state index in [1.165, 1.54) is 20.3 Å². The van der Waals surface area contributed by atoms with Crippen LogP contribution in [0.4, 0.5) is 5.69 Å². The Morgan fingerprint density at radius 3 is 2.29 bits per heavy atom. The lowest BCUT2D eigenvalue weighted by Gasteiger charge is -2.23. The van der Waals surface area contributed by atoms with E-state index in [-0.39, 0.29) is 12.5 Å². The summed E-state index contributed by atoms with van der Waals surface area (Å²) in [5.74, 6) is 1.30. The number of benzene rings is 2. The van der Waals surface area contributed by atoms with E-state index in [9.17, 15) is 13.2 Å². The van der Waals surface area contributed by atoms with Crippen LogP contribution in [0, 0.1) is 0 Å². The molecular formula is C22H30N2O6S. The minimum Gasteiger partial charge on any atom is -0.494 e. The molecule has 1 N–H and O–H groups in total. The zero-order valence-electron chi connectivity index (χ0n) is 18.4. The summed E-state index contributed by atoms with van der Waals surface area (Å²) in [6, 6.07) is 12.5. The largest absolute Gasteiger partial charge is 0.494 e. The molecule has 2 aromatic carbocycles. The minimum absolute atomic E-state index is 0.322. The Labute approximate surface area is 184 Å². The molecule has 9 heteroatoms. The lowest BCUT2D eigenvalue weighted by Crippen LogP contribution is -2.40.